The minimum Gasteiger partial charge on any atom is -0.481 e. The van der Waals surface area contributed by atoms with E-state index in [0.717, 1.165) is 18.8 Å². The molecule has 1 fully saturated rings. The predicted octanol–water partition coefficient (Wildman–Crippen LogP) is 4.67. The van der Waals surface area contributed by atoms with Crippen molar-refractivity contribution in [2.24, 2.45) is 5.92 Å². The summed E-state index contributed by atoms with van der Waals surface area (Å²) in [6.45, 7) is 0. The highest BCUT2D eigenvalue weighted by atomic mass is 32.1. The molecule has 19 heavy (non-hydrogen) atoms. The Labute approximate surface area is 119 Å². The number of aryl methyl sites for hydroxylation is 2. The van der Waals surface area contributed by atoms with Crippen LogP contribution >= 0.6 is 11.3 Å². The maximum absolute atomic E-state index is 10.5. The third kappa shape index (κ3) is 5.35. The highest BCUT2D eigenvalue weighted by Gasteiger charge is 2.14. The van der Waals surface area contributed by atoms with Gasteiger partial charge in [0.15, 0.2) is 0 Å². The lowest BCUT2D eigenvalue weighted by atomic mass is 10.0. The van der Waals surface area contributed by atoms with E-state index in [1.54, 1.807) is 0 Å². The average Bonchev–Trinajstić information content (AvgIpc) is 3.00. The Morgan fingerprint density at radius 2 is 1.79 bits per heavy atom. The van der Waals surface area contributed by atoms with Crippen molar-refractivity contribution in [3.05, 3.63) is 21.9 Å². The lowest BCUT2D eigenvalue weighted by Crippen LogP contribution is -1.94. The smallest absolute Gasteiger partial charge is 0.303 e. The van der Waals surface area contributed by atoms with Gasteiger partial charge in [-0.15, -0.1) is 11.3 Å². The van der Waals surface area contributed by atoms with Crippen molar-refractivity contribution in [3.8, 4) is 0 Å². The molecule has 1 aromatic rings. The molecule has 1 aliphatic carbocycles. The molecular formula is C16H24O2S. The molecule has 0 unspecified atom stereocenters. The first-order chi connectivity index (χ1) is 9.24. The zero-order valence-electron chi connectivity index (χ0n) is 11.6. The summed E-state index contributed by atoms with van der Waals surface area (Å²) >= 11 is 1.87. The van der Waals surface area contributed by atoms with E-state index in [4.69, 9.17) is 5.11 Å². The molecule has 0 saturated heterocycles. The van der Waals surface area contributed by atoms with E-state index in [-0.39, 0.29) is 6.42 Å². The monoisotopic (exact) mass is 280 g/mol. The molecule has 1 aliphatic rings. The SMILES string of the molecule is O=C(O)CCCc1ccc(CCCC2CCCC2)s1. The molecular weight excluding hydrogens is 256 g/mol. The van der Waals surface area contributed by atoms with Crippen molar-refractivity contribution < 1.29 is 9.90 Å². The molecule has 0 bridgehead atoms. The third-order valence-electron chi connectivity index (χ3n) is 4.04. The molecule has 0 radical (unpaired) electrons. The molecule has 0 atom stereocenters. The normalized spacial score (nSPS) is 16.0. The molecule has 1 heterocycles. The van der Waals surface area contributed by atoms with Gasteiger partial charge < -0.3 is 5.11 Å². The van der Waals surface area contributed by atoms with Crippen LogP contribution in [0.5, 0.6) is 0 Å². The van der Waals surface area contributed by atoms with E-state index in [1.807, 2.05) is 11.3 Å². The van der Waals surface area contributed by atoms with Crippen molar-refractivity contribution in [3.63, 3.8) is 0 Å². The van der Waals surface area contributed by atoms with Crippen LogP contribution in [0.15, 0.2) is 12.1 Å². The molecule has 2 rings (SSSR count). The molecule has 3 heteroatoms. The molecule has 0 amide bonds. The second-order valence-electron chi connectivity index (χ2n) is 5.66. The van der Waals surface area contributed by atoms with Gasteiger partial charge in [-0.3, -0.25) is 4.79 Å². The molecule has 0 aliphatic heterocycles. The Balaban J connectivity index is 1.64. The van der Waals surface area contributed by atoms with Crippen LogP contribution in [-0.4, -0.2) is 11.1 Å². The lowest BCUT2D eigenvalue weighted by Gasteiger charge is -2.06. The van der Waals surface area contributed by atoms with Gasteiger partial charge in [-0.2, -0.15) is 0 Å². The van der Waals surface area contributed by atoms with Crippen LogP contribution < -0.4 is 0 Å². The summed E-state index contributed by atoms with van der Waals surface area (Å²) in [5.74, 6) is 0.309. The van der Waals surface area contributed by atoms with Gasteiger partial charge in [0, 0.05) is 16.2 Å². The topological polar surface area (TPSA) is 37.3 Å². The number of thiophene rings is 1. The second kappa shape index (κ2) is 7.68. The van der Waals surface area contributed by atoms with Crippen LogP contribution in [0, 0.1) is 5.92 Å². The zero-order valence-corrected chi connectivity index (χ0v) is 12.4. The van der Waals surface area contributed by atoms with Crippen molar-refractivity contribution in [2.75, 3.05) is 0 Å². The molecule has 0 spiro atoms. The number of hydrogen-bond donors (Lipinski definition) is 1. The standard InChI is InChI=1S/C16H24O2S/c17-16(18)10-4-9-15-12-11-14(19-15)8-3-7-13-5-1-2-6-13/h11-13H,1-10H2,(H,17,18). The van der Waals surface area contributed by atoms with Gasteiger partial charge in [0.2, 0.25) is 0 Å². The summed E-state index contributed by atoms with van der Waals surface area (Å²) in [7, 11) is 0. The summed E-state index contributed by atoms with van der Waals surface area (Å²) < 4.78 is 0. The van der Waals surface area contributed by atoms with Crippen LogP contribution in [0.25, 0.3) is 0 Å². The van der Waals surface area contributed by atoms with Gasteiger partial charge in [-0.25, -0.2) is 0 Å². The predicted molar refractivity (Wildman–Crippen MR) is 79.8 cm³/mol. The van der Waals surface area contributed by atoms with Gasteiger partial charge in [-0.05, 0) is 43.7 Å². The van der Waals surface area contributed by atoms with Gasteiger partial charge in [0.25, 0.3) is 0 Å². The van der Waals surface area contributed by atoms with Gasteiger partial charge in [-0.1, -0.05) is 32.1 Å². The molecule has 1 saturated carbocycles. The van der Waals surface area contributed by atoms with E-state index >= 15 is 0 Å². The number of carboxylic acid groups (broad SMARTS) is 1. The maximum atomic E-state index is 10.5. The number of hydrogen-bond acceptors (Lipinski definition) is 2. The van der Waals surface area contributed by atoms with Crippen LogP contribution in [0.1, 0.15) is 61.1 Å². The summed E-state index contributed by atoms with van der Waals surface area (Å²) in [4.78, 5) is 13.3. The fraction of sp³-hybridized carbons (Fsp3) is 0.688. The summed E-state index contributed by atoms with van der Waals surface area (Å²) in [6, 6.07) is 4.41. The largest absolute Gasteiger partial charge is 0.481 e. The quantitative estimate of drug-likeness (QED) is 0.751. The summed E-state index contributed by atoms with van der Waals surface area (Å²) in [5.41, 5.74) is 0. The van der Waals surface area contributed by atoms with Crippen molar-refractivity contribution in [1.82, 2.24) is 0 Å². The molecule has 1 N–H and O–H groups in total. The highest BCUT2D eigenvalue weighted by molar-refractivity contribution is 7.11. The van der Waals surface area contributed by atoms with E-state index in [9.17, 15) is 4.79 Å². The van der Waals surface area contributed by atoms with Crippen molar-refractivity contribution in [2.45, 2.75) is 64.2 Å². The first kappa shape index (κ1) is 14.6. The minimum absolute atomic E-state index is 0.287. The fourth-order valence-electron chi connectivity index (χ4n) is 2.97. The average molecular weight is 280 g/mol. The fourth-order valence-corrected chi connectivity index (χ4v) is 4.07. The number of rotatable bonds is 8. The Morgan fingerprint density at radius 1 is 1.16 bits per heavy atom. The maximum Gasteiger partial charge on any atom is 0.303 e. The Bertz CT molecular complexity index is 391. The molecule has 1 aromatic heterocycles. The Morgan fingerprint density at radius 3 is 2.42 bits per heavy atom. The van der Waals surface area contributed by atoms with E-state index in [2.05, 4.69) is 12.1 Å². The Kier molecular flexibility index (Phi) is 5.90. The number of aliphatic carboxylic acids is 1. The van der Waals surface area contributed by atoms with Crippen LogP contribution in [0.4, 0.5) is 0 Å². The second-order valence-corrected chi connectivity index (χ2v) is 6.91. The zero-order chi connectivity index (χ0) is 13.5. The molecule has 0 aromatic carbocycles. The number of carbonyl (C=O) groups is 1. The van der Waals surface area contributed by atoms with Crippen molar-refractivity contribution >= 4 is 17.3 Å². The molecule has 2 nitrogen and oxygen atoms in total. The third-order valence-corrected chi connectivity index (χ3v) is 5.25. The Hall–Kier alpha value is -0.830. The number of carboxylic acids is 1. The van der Waals surface area contributed by atoms with E-state index in [0.29, 0.717) is 0 Å². The van der Waals surface area contributed by atoms with Gasteiger partial charge >= 0.3 is 5.97 Å². The van der Waals surface area contributed by atoms with E-state index in [1.165, 1.54) is 54.7 Å². The van der Waals surface area contributed by atoms with E-state index < -0.39 is 5.97 Å². The van der Waals surface area contributed by atoms with Crippen LogP contribution in [0.2, 0.25) is 0 Å². The first-order valence-electron chi connectivity index (χ1n) is 7.53. The first-order valence-corrected chi connectivity index (χ1v) is 8.35. The lowest BCUT2D eigenvalue weighted by molar-refractivity contribution is -0.137. The minimum atomic E-state index is -0.687. The van der Waals surface area contributed by atoms with Crippen LogP contribution in [-0.2, 0) is 17.6 Å². The van der Waals surface area contributed by atoms with Crippen molar-refractivity contribution in [1.29, 1.82) is 0 Å². The van der Waals surface area contributed by atoms with Gasteiger partial charge in [0.1, 0.15) is 0 Å². The van der Waals surface area contributed by atoms with Crippen LogP contribution in [0.3, 0.4) is 0 Å². The molecule has 106 valence electrons. The summed E-state index contributed by atoms with van der Waals surface area (Å²) in [6.07, 6.45) is 11.7. The summed E-state index contributed by atoms with van der Waals surface area (Å²) in [5, 5.41) is 8.62. The highest BCUT2D eigenvalue weighted by Crippen LogP contribution is 2.29. The van der Waals surface area contributed by atoms with Gasteiger partial charge in [0.05, 0.1) is 0 Å².